The van der Waals surface area contributed by atoms with Crippen LogP contribution in [0.4, 0.5) is 0 Å². The number of benzene rings is 4. The number of hydrogen-bond acceptors (Lipinski definition) is 4. The van der Waals surface area contributed by atoms with Crippen LogP contribution in [0.5, 0.6) is 0 Å². The molecule has 0 amide bonds. The fraction of sp³-hybridized carbons (Fsp3) is 0.148. The minimum Gasteiger partial charge on any atom is -0.306 e. The molecule has 4 aromatic carbocycles. The second-order valence-electron chi connectivity index (χ2n) is 7.59. The number of halogens is 3. The summed E-state index contributed by atoms with van der Waals surface area (Å²) in [5.74, 6) is 0. The molecule has 7 heteroatoms. The van der Waals surface area contributed by atoms with E-state index >= 15 is 0 Å². The summed E-state index contributed by atoms with van der Waals surface area (Å²) in [6.07, 6.45) is 1.98. The molecule has 1 N–H and O–H groups in total. The Hall–Kier alpha value is -2.76. The molecular formula is C27H22Cl3NO3. The zero-order valence-corrected chi connectivity index (χ0v) is 20.4. The largest absolute Gasteiger partial charge is 0.306 e. The van der Waals surface area contributed by atoms with Crippen molar-refractivity contribution in [2.45, 2.75) is 18.9 Å². The summed E-state index contributed by atoms with van der Waals surface area (Å²) in [7, 11) is 0. The van der Waals surface area contributed by atoms with Gasteiger partial charge in [-0.3, -0.25) is 14.4 Å². The molecule has 1 heterocycles. The fourth-order valence-corrected chi connectivity index (χ4v) is 4.06. The SMILES string of the molecule is O=C(Cl)C1CCCN1.O=C(Cl)c1ccc2ccccc2c1.O=C(Cl)c1cccc2ccccc12. The zero-order chi connectivity index (χ0) is 24.5. The van der Waals surface area contributed by atoms with Crippen LogP contribution in [0.25, 0.3) is 21.5 Å². The molecule has 0 saturated carbocycles. The number of nitrogens with one attached hydrogen (secondary N) is 1. The number of carbonyl (C=O) groups is 3. The van der Waals surface area contributed by atoms with Crippen LogP contribution in [0, 0.1) is 0 Å². The van der Waals surface area contributed by atoms with Gasteiger partial charge in [-0.25, -0.2) is 0 Å². The highest BCUT2D eigenvalue weighted by atomic mass is 35.5. The van der Waals surface area contributed by atoms with Crippen LogP contribution in [-0.4, -0.2) is 28.3 Å². The lowest BCUT2D eigenvalue weighted by Crippen LogP contribution is -2.26. The van der Waals surface area contributed by atoms with Crippen LogP contribution < -0.4 is 5.32 Å². The molecule has 1 unspecified atom stereocenters. The van der Waals surface area contributed by atoms with Crippen LogP contribution in [0.1, 0.15) is 33.6 Å². The first-order valence-electron chi connectivity index (χ1n) is 10.7. The minimum absolute atomic E-state index is 0.0586. The van der Waals surface area contributed by atoms with Crippen LogP contribution in [-0.2, 0) is 4.79 Å². The van der Waals surface area contributed by atoms with Crippen molar-refractivity contribution in [2.75, 3.05) is 6.54 Å². The number of rotatable bonds is 3. The maximum Gasteiger partial charge on any atom is 0.253 e. The lowest BCUT2D eigenvalue weighted by molar-refractivity contribution is -0.113. The minimum atomic E-state index is -0.411. The second-order valence-corrected chi connectivity index (χ2v) is 8.65. The Labute approximate surface area is 212 Å². The third kappa shape index (κ3) is 7.12. The Bertz CT molecular complexity index is 1310. The van der Waals surface area contributed by atoms with Crippen molar-refractivity contribution in [3.8, 4) is 0 Å². The van der Waals surface area contributed by atoms with E-state index in [0.717, 1.165) is 40.9 Å². The molecule has 0 radical (unpaired) electrons. The van der Waals surface area contributed by atoms with E-state index in [-0.39, 0.29) is 11.3 Å². The first-order valence-corrected chi connectivity index (χ1v) is 11.8. The van der Waals surface area contributed by atoms with Crippen molar-refractivity contribution >= 4 is 72.1 Å². The van der Waals surface area contributed by atoms with Gasteiger partial charge in [-0.1, -0.05) is 66.7 Å². The third-order valence-corrected chi connectivity index (χ3v) is 6.00. The van der Waals surface area contributed by atoms with E-state index < -0.39 is 10.5 Å². The predicted molar refractivity (Wildman–Crippen MR) is 140 cm³/mol. The summed E-state index contributed by atoms with van der Waals surface area (Å²) >= 11 is 16.0. The van der Waals surface area contributed by atoms with Crippen molar-refractivity contribution in [3.05, 3.63) is 96.1 Å². The van der Waals surface area contributed by atoms with Gasteiger partial charge in [0.2, 0.25) is 5.24 Å². The van der Waals surface area contributed by atoms with Crippen LogP contribution in [0.3, 0.4) is 0 Å². The van der Waals surface area contributed by atoms with Crippen molar-refractivity contribution in [2.24, 2.45) is 0 Å². The molecule has 0 spiro atoms. The summed E-state index contributed by atoms with van der Waals surface area (Å²) in [5.41, 5.74) is 1.11. The normalized spacial score (nSPS) is 14.5. The lowest BCUT2D eigenvalue weighted by Gasteiger charge is -2.00. The molecule has 4 aromatic rings. The van der Waals surface area contributed by atoms with Gasteiger partial charge in [-0.2, -0.15) is 0 Å². The van der Waals surface area contributed by atoms with E-state index in [2.05, 4.69) is 5.32 Å². The second kappa shape index (κ2) is 12.6. The van der Waals surface area contributed by atoms with Gasteiger partial charge in [-0.05, 0) is 93.9 Å². The molecule has 1 saturated heterocycles. The summed E-state index contributed by atoms with van der Waals surface area (Å²) in [4.78, 5) is 32.2. The van der Waals surface area contributed by atoms with Crippen LogP contribution in [0.15, 0.2) is 84.9 Å². The topological polar surface area (TPSA) is 63.2 Å². The summed E-state index contributed by atoms with van der Waals surface area (Å²) in [6, 6.07) is 26.4. The lowest BCUT2D eigenvalue weighted by atomic mass is 10.1. The molecule has 0 aromatic heterocycles. The highest BCUT2D eigenvalue weighted by molar-refractivity contribution is 6.68. The molecule has 0 bridgehead atoms. The molecule has 4 nitrogen and oxygen atoms in total. The maximum atomic E-state index is 11.0. The molecule has 1 aliphatic rings. The van der Waals surface area contributed by atoms with Gasteiger partial charge in [-0.15, -0.1) is 0 Å². The highest BCUT2D eigenvalue weighted by Gasteiger charge is 2.19. The average Bonchev–Trinajstić information content (AvgIpc) is 3.40. The van der Waals surface area contributed by atoms with Crippen molar-refractivity contribution in [3.63, 3.8) is 0 Å². The summed E-state index contributed by atoms with van der Waals surface area (Å²) in [5, 5.41) is 6.00. The Morgan fingerprint density at radius 2 is 1.35 bits per heavy atom. The molecule has 5 rings (SSSR count). The number of hydrogen-bond donors (Lipinski definition) is 1. The number of fused-ring (bicyclic) bond motifs is 2. The predicted octanol–water partition coefficient (Wildman–Crippen LogP) is 6.94. The monoisotopic (exact) mass is 513 g/mol. The quantitative estimate of drug-likeness (QED) is 0.301. The molecule has 1 aliphatic heterocycles. The van der Waals surface area contributed by atoms with E-state index in [1.54, 1.807) is 18.2 Å². The van der Waals surface area contributed by atoms with Gasteiger partial charge in [0.25, 0.3) is 10.5 Å². The first-order chi connectivity index (χ1) is 16.4. The average molecular weight is 515 g/mol. The van der Waals surface area contributed by atoms with Crippen molar-refractivity contribution < 1.29 is 14.4 Å². The molecule has 34 heavy (non-hydrogen) atoms. The van der Waals surface area contributed by atoms with Gasteiger partial charge < -0.3 is 5.32 Å². The van der Waals surface area contributed by atoms with E-state index in [9.17, 15) is 14.4 Å². The van der Waals surface area contributed by atoms with Crippen molar-refractivity contribution in [1.82, 2.24) is 5.32 Å². The smallest absolute Gasteiger partial charge is 0.253 e. The maximum absolute atomic E-state index is 11.0. The van der Waals surface area contributed by atoms with E-state index in [1.807, 2.05) is 66.7 Å². The van der Waals surface area contributed by atoms with Crippen LogP contribution >= 0.6 is 34.8 Å². The fourth-order valence-electron chi connectivity index (χ4n) is 3.59. The van der Waals surface area contributed by atoms with Crippen molar-refractivity contribution in [1.29, 1.82) is 0 Å². The van der Waals surface area contributed by atoms with Crippen LogP contribution in [0.2, 0.25) is 0 Å². The molecule has 174 valence electrons. The van der Waals surface area contributed by atoms with Gasteiger partial charge in [0.1, 0.15) is 0 Å². The molecule has 1 atom stereocenters. The first kappa shape index (κ1) is 25.9. The summed E-state index contributed by atoms with van der Waals surface area (Å²) in [6.45, 7) is 0.934. The van der Waals surface area contributed by atoms with Gasteiger partial charge in [0.05, 0.1) is 6.04 Å². The van der Waals surface area contributed by atoms with Gasteiger partial charge >= 0.3 is 0 Å². The Morgan fingerprint density at radius 3 is 1.94 bits per heavy atom. The highest BCUT2D eigenvalue weighted by Crippen LogP contribution is 2.19. The van der Waals surface area contributed by atoms with Gasteiger partial charge in [0, 0.05) is 11.1 Å². The zero-order valence-electron chi connectivity index (χ0n) is 18.1. The Kier molecular flexibility index (Phi) is 9.61. The van der Waals surface area contributed by atoms with E-state index in [1.165, 1.54) is 0 Å². The van der Waals surface area contributed by atoms with Gasteiger partial charge in [0.15, 0.2) is 0 Å². The molecule has 1 fully saturated rings. The Morgan fingerprint density at radius 1 is 0.706 bits per heavy atom. The third-order valence-electron chi connectivity index (χ3n) is 5.31. The molecule has 0 aliphatic carbocycles. The summed E-state index contributed by atoms with van der Waals surface area (Å²) < 4.78 is 0. The van der Waals surface area contributed by atoms with E-state index in [0.29, 0.717) is 11.1 Å². The standard InChI is InChI=1S/2C11H7ClO.C5H8ClNO/c12-11(13)10-7-3-5-8-4-1-2-6-9(8)10;12-11(13)10-6-5-8-3-1-2-4-9(8)7-10;6-5(8)4-2-1-3-7-4/h2*1-7H;4,7H,1-3H2. The Balaban J connectivity index is 0.000000148. The van der Waals surface area contributed by atoms with E-state index in [4.69, 9.17) is 34.8 Å². The molecular weight excluding hydrogens is 493 g/mol. The number of carbonyl (C=O) groups excluding carboxylic acids is 3.